The molecule has 0 spiro atoms. The molecule has 0 aromatic carbocycles. The van der Waals surface area contributed by atoms with Gasteiger partial charge in [0.15, 0.2) is 5.11 Å². The van der Waals surface area contributed by atoms with Crippen LogP contribution in [0.4, 0.5) is 17.6 Å². The molecule has 2 N–H and O–H groups in total. The van der Waals surface area contributed by atoms with Crippen LogP contribution in [-0.2, 0) is 0 Å². The van der Waals surface area contributed by atoms with Gasteiger partial charge in [-0.25, -0.2) is 0 Å². The number of nitrogens with one attached hydrogen (secondary N) is 2. The largest absolute Gasteiger partial charge is 0.359 e. The van der Waals surface area contributed by atoms with Crippen molar-refractivity contribution in [3.8, 4) is 0 Å². The Kier molecular flexibility index (Phi) is 6.88. The van der Waals surface area contributed by atoms with Crippen LogP contribution in [0.3, 0.4) is 0 Å². The van der Waals surface area contributed by atoms with Gasteiger partial charge in [0.2, 0.25) is 5.95 Å². The molecule has 3 heterocycles. The summed E-state index contributed by atoms with van der Waals surface area (Å²) in [5, 5.41) is 6.77. The van der Waals surface area contributed by atoms with Crippen molar-refractivity contribution in [1.29, 1.82) is 0 Å². The van der Waals surface area contributed by atoms with E-state index in [1.165, 1.54) is 32.1 Å². The molecule has 1 aromatic rings. The van der Waals surface area contributed by atoms with E-state index in [9.17, 15) is 0 Å². The molecular formula is C20H32N6S. The first kappa shape index (κ1) is 19.9. The topological polar surface area (TPSA) is 56.3 Å². The van der Waals surface area contributed by atoms with E-state index < -0.39 is 0 Å². The van der Waals surface area contributed by atoms with Crippen molar-refractivity contribution < 1.29 is 0 Å². The zero-order valence-electron chi connectivity index (χ0n) is 16.6. The molecule has 0 radical (unpaired) electrons. The third-order valence-corrected chi connectivity index (χ3v) is 5.66. The molecule has 2 aliphatic heterocycles. The van der Waals surface area contributed by atoms with E-state index in [0.717, 1.165) is 31.3 Å². The minimum absolute atomic E-state index is 0.500. The van der Waals surface area contributed by atoms with E-state index in [2.05, 4.69) is 46.9 Å². The molecule has 0 saturated carbocycles. The molecule has 6 nitrogen and oxygen atoms in total. The molecule has 2 saturated heterocycles. The normalized spacial score (nSPS) is 23.0. The highest BCUT2D eigenvalue weighted by atomic mass is 32.1. The van der Waals surface area contributed by atoms with Crippen LogP contribution in [0.2, 0.25) is 0 Å². The maximum atomic E-state index is 5.37. The minimum atomic E-state index is 0.500. The molecule has 2 fully saturated rings. The van der Waals surface area contributed by atoms with Gasteiger partial charge in [-0.15, -0.1) is 6.58 Å². The predicted molar refractivity (Wildman–Crippen MR) is 118 cm³/mol. The molecule has 0 aliphatic carbocycles. The zero-order valence-corrected chi connectivity index (χ0v) is 17.4. The second-order valence-corrected chi connectivity index (χ2v) is 8.17. The highest BCUT2D eigenvalue weighted by Crippen LogP contribution is 2.29. The quantitative estimate of drug-likeness (QED) is 0.591. The standard InChI is InChI=1S/C20H32N6S/c1-4-10-21-20(27)24-19-22-17(25-11-7-8-15(2)14-25)13-18(23-19)26-12-6-5-9-16(26)3/h4,13,15-16H,1,5-12,14H2,2-3H3,(H2,21,22,23,24,27). The number of rotatable bonds is 5. The van der Waals surface area contributed by atoms with Gasteiger partial charge in [0.25, 0.3) is 0 Å². The van der Waals surface area contributed by atoms with Gasteiger partial charge in [-0.3, -0.25) is 0 Å². The maximum absolute atomic E-state index is 5.37. The SMILES string of the molecule is C=CCNC(=S)Nc1nc(N2CCCC(C)C2)cc(N2CCCCC2C)n1. The average molecular weight is 389 g/mol. The van der Waals surface area contributed by atoms with Crippen molar-refractivity contribution in [1.82, 2.24) is 15.3 Å². The van der Waals surface area contributed by atoms with E-state index in [4.69, 9.17) is 22.2 Å². The van der Waals surface area contributed by atoms with Crippen LogP contribution in [-0.4, -0.2) is 47.3 Å². The van der Waals surface area contributed by atoms with Gasteiger partial charge < -0.3 is 20.4 Å². The Morgan fingerprint density at radius 1 is 1.22 bits per heavy atom. The first-order valence-corrected chi connectivity index (χ1v) is 10.5. The van der Waals surface area contributed by atoms with Crippen LogP contribution in [0.25, 0.3) is 0 Å². The summed E-state index contributed by atoms with van der Waals surface area (Å²) in [6, 6.07) is 2.66. The first-order valence-electron chi connectivity index (χ1n) is 10.1. The molecule has 7 heteroatoms. The van der Waals surface area contributed by atoms with Crippen molar-refractivity contribution in [3.05, 3.63) is 18.7 Å². The van der Waals surface area contributed by atoms with Gasteiger partial charge in [-0.05, 0) is 57.2 Å². The highest BCUT2D eigenvalue weighted by Gasteiger charge is 2.24. The van der Waals surface area contributed by atoms with Crippen molar-refractivity contribution in [3.63, 3.8) is 0 Å². The fourth-order valence-corrected chi connectivity index (χ4v) is 4.11. The average Bonchev–Trinajstić information content (AvgIpc) is 2.66. The van der Waals surface area contributed by atoms with Crippen LogP contribution < -0.4 is 20.4 Å². The lowest BCUT2D eigenvalue weighted by molar-refractivity contribution is 0.444. The molecule has 2 atom stereocenters. The van der Waals surface area contributed by atoms with Crippen molar-refractivity contribution in [2.24, 2.45) is 5.92 Å². The summed E-state index contributed by atoms with van der Waals surface area (Å²) in [6.45, 7) is 12.1. The van der Waals surface area contributed by atoms with Gasteiger partial charge in [0.1, 0.15) is 11.6 Å². The van der Waals surface area contributed by atoms with E-state index >= 15 is 0 Å². The second-order valence-electron chi connectivity index (χ2n) is 7.76. The molecule has 148 valence electrons. The number of nitrogens with zero attached hydrogens (tertiary/aromatic N) is 4. The Balaban J connectivity index is 1.87. The van der Waals surface area contributed by atoms with Gasteiger partial charge in [0, 0.05) is 38.3 Å². The van der Waals surface area contributed by atoms with Gasteiger partial charge in [-0.2, -0.15) is 9.97 Å². The van der Waals surface area contributed by atoms with Crippen molar-refractivity contribution in [2.75, 3.05) is 41.3 Å². The number of hydrogen-bond donors (Lipinski definition) is 2. The second kappa shape index (κ2) is 9.35. The predicted octanol–water partition coefficient (Wildman–Crippen LogP) is 3.56. The van der Waals surface area contributed by atoms with E-state index in [0.29, 0.717) is 29.6 Å². The van der Waals surface area contributed by atoms with Crippen LogP contribution in [0.1, 0.15) is 46.0 Å². The summed E-state index contributed by atoms with van der Waals surface area (Å²) < 4.78 is 0. The molecule has 27 heavy (non-hydrogen) atoms. The number of anilines is 3. The Bertz CT molecular complexity index is 664. The van der Waals surface area contributed by atoms with Gasteiger partial charge >= 0.3 is 0 Å². The zero-order chi connectivity index (χ0) is 19.2. The fourth-order valence-electron chi connectivity index (χ4n) is 3.93. The molecule has 0 bridgehead atoms. The summed E-state index contributed by atoms with van der Waals surface area (Å²) in [6.07, 6.45) is 8.00. The number of thiocarbonyl (C=S) groups is 1. The monoisotopic (exact) mass is 388 g/mol. The minimum Gasteiger partial charge on any atom is -0.359 e. The smallest absolute Gasteiger partial charge is 0.232 e. The Labute approximate surface area is 168 Å². The fraction of sp³-hybridized carbons (Fsp3) is 0.650. The summed E-state index contributed by atoms with van der Waals surface area (Å²) >= 11 is 5.37. The number of hydrogen-bond acceptors (Lipinski definition) is 5. The van der Waals surface area contributed by atoms with Crippen LogP contribution in [0.5, 0.6) is 0 Å². The van der Waals surface area contributed by atoms with E-state index in [1.807, 2.05) is 0 Å². The van der Waals surface area contributed by atoms with Crippen LogP contribution >= 0.6 is 12.2 Å². The maximum Gasteiger partial charge on any atom is 0.232 e. The third-order valence-electron chi connectivity index (χ3n) is 5.41. The third kappa shape index (κ3) is 5.31. The Morgan fingerprint density at radius 3 is 2.78 bits per heavy atom. The molecule has 1 aromatic heterocycles. The van der Waals surface area contributed by atoms with Crippen molar-refractivity contribution in [2.45, 2.75) is 52.0 Å². The molecule has 2 aliphatic rings. The number of piperidine rings is 2. The lowest BCUT2D eigenvalue weighted by Crippen LogP contribution is -2.39. The Hall–Kier alpha value is -1.89. The lowest BCUT2D eigenvalue weighted by Gasteiger charge is -2.36. The van der Waals surface area contributed by atoms with Gasteiger partial charge in [0.05, 0.1) is 0 Å². The molecule has 3 rings (SSSR count). The van der Waals surface area contributed by atoms with E-state index in [-0.39, 0.29) is 0 Å². The highest BCUT2D eigenvalue weighted by molar-refractivity contribution is 7.80. The lowest BCUT2D eigenvalue weighted by atomic mass is 10.0. The molecule has 0 amide bonds. The summed E-state index contributed by atoms with van der Waals surface area (Å²) in [4.78, 5) is 14.4. The van der Waals surface area contributed by atoms with E-state index in [1.54, 1.807) is 6.08 Å². The summed E-state index contributed by atoms with van der Waals surface area (Å²) in [5.41, 5.74) is 0. The van der Waals surface area contributed by atoms with Crippen LogP contribution in [0.15, 0.2) is 18.7 Å². The Morgan fingerprint density at radius 2 is 2.04 bits per heavy atom. The summed E-state index contributed by atoms with van der Waals surface area (Å²) in [7, 11) is 0. The first-order chi connectivity index (χ1) is 13.1. The van der Waals surface area contributed by atoms with Crippen LogP contribution in [0, 0.1) is 5.92 Å². The number of aromatic nitrogens is 2. The van der Waals surface area contributed by atoms with Crippen molar-refractivity contribution >= 4 is 34.9 Å². The van der Waals surface area contributed by atoms with Gasteiger partial charge in [-0.1, -0.05) is 13.0 Å². The summed E-state index contributed by atoms with van der Waals surface area (Å²) in [5.74, 6) is 3.26. The molecule has 2 unspecified atom stereocenters. The molecular weight excluding hydrogens is 356 g/mol.